The summed E-state index contributed by atoms with van der Waals surface area (Å²) >= 11 is 0. The molecule has 0 fully saturated rings. The van der Waals surface area contributed by atoms with E-state index in [1.54, 1.807) is 0 Å². The zero-order valence-electron chi connectivity index (χ0n) is 11.1. The van der Waals surface area contributed by atoms with E-state index in [0.29, 0.717) is 6.61 Å². The fraction of sp³-hybridized carbons (Fsp3) is 0.500. The van der Waals surface area contributed by atoms with E-state index in [0.717, 1.165) is 11.3 Å². The number of nitrogens with zero attached hydrogens (tertiary/aromatic N) is 1. The summed E-state index contributed by atoms with van der Waals surface area (Å²) in [6.07, 6.45) is 0. The predicted molar refractivity (Wildman–Crippen MR) is 70.3 cm³/mol. The van der Waals surface area contributed by atoms with Gasteiger partial charge in [-0.1, -0.05) is 12.1 Å². The van der Waals surface area contributed by atoms with Crippen LogP contribution >= 0.6 is 0 Å². The predicted octanol–water partition coefficient (Wildman–Crippen LogP) is 2.01. The van der Waals surface area contributed by atoms with Crippen molar-refractivity contribution < 1.29 is 9.84 Å². The van der Waals surface area contributed by atoms with Crippen LogP contribution in [0.1, 0.15) is 32.4 Å². The van der Waals surface area contributed by atoms with Gasteiger partial charge in [-0.15, -0.1) is 0 Å². The maximum atomic E-state index is 9.23. The molecule has 1 aromatic carbocycles. The van der Waals surface area contributed by atoms with Gasteiger partial charge in [0.25, 0.3) is 0 Å². The van der Waals surface area contributed by atoms with Crippen LogP contribution in [0.15, 0.2) is 24.3 Å². The first-order chi connectivity index (χ1) is 8.52. The van der Waals surface area contributed by atoms with Crippen molar-refractivity contribution in [2.45, 2.75) is 32.4 Å². The molecule has 0 aliphatic rings. The molecule has 0 aliphatic heterocycles. The lowest BCUT2D eigenvalue weighted by Gasteiger charge is -2.27. The molecule has 1 unspecified atom stereocenters. The van der Waals surface area contributed by atoms with E-state index in [2.05, 4.69) is 11.4 Å². The van der Waals surface area contributed by atoms with E-state index in [1.807, 2.05) is 45.0 Å². The van der Waals surface area contributed by atoms with Gasteiger partial charge >= 0.3 is 0 Å². The number of aliphatic hydroxyl groups is 1. The quantitative estimate of drug-likeness (QED) is 0.808. The Morgan fingerprint density at radius 3 is 2.78 bits per heavy atom. The van der Waals surface area contributed by atoms with Gasteiger partial charge in [0.2, 0.25) is 0 Å². The van der Waals surface area contributed by atoms with Crippen molar-refractivity contribution >= 4 is 0 Å². The van der Waals surface area contributed by atoms with Crippen LogP contribution in [0.2, 0.25) is 0 Å². The fourth-order valence-corrected chi connectivity index (χ4v) is 1.58. The number of nitriles is 1. The zero-order valence-corrected chi connectivity index (χ0v) is 11.1. The van der Waals surface area contributed by atoms with Crippen LogP contribution in [0.25, 0.3) is 0 Å². The normalized spacial score (nSPS) is 12.8. The highest BCUT2D eigenvalue weighted by Crippen LogP contribution is 2.21. The van der Waals surface area contributed by atoms with Crippen LogP contribution in [0.5, 0.6) is 5.75 Å². The topological polar surface area (TPSA) is 65.3 Å². The average molecular weight is 248 g/mol. The Balaban J connectivity index is 2.89. The second-order valence-electron chi connectivity index (χ2n) is 4.75. The molecule has 0 heterocycles. The van der Waals surface area contributed by atoms with Crippen LogP contribution in [0.3, 0.4) is 0 Å². The summed E-state index contributed by atoms with van der Waals surface area (Å²) in [5.41, 5.74) is 0.340. The van der Waals surface area contributed by atoms with Crippen molar-refractivity contribution in [2.24, 2.45) is 0 Å². The molecule has 0 aromatic heterocycles. The molecule has 0 saturated carbocycles. The summed E-state index contributed by atoms with van der Waals surface area (Å²) in [5.74, 6) is 0.749. The minimum absolute atomic E-state index is 0.0314. The Morgan fingerprint density at radius 2 is 2.22 bits per heavy atom. The summed E-state index contributed by atoms with van der Waals surface area (Å²) in [5, 5.41) is 21.6. The van der Waals surface area contributed by atoms with Crippen LogP contribution in [0, 0.1) is 11.3 Å². The van der Waals surface area contributed by atoms with Gasteiger partial charge in [-0.2, -0.15) is 5.26 Å². The Bertz CT molecular complexity index is 424. The molecule has 98 valence electrons. The third-order valence-corrected chi connectivity index (χ3v) is 2.56. The van der Waals surface area contributed by atoms with Gasteiger partial charge in [0, 0.05) is 5.54 Å². The van der Waals surface area contributed by atoms with Gasteiger partial charge in [-0.25, -0.2) is 0 Å². The van der Waals surface area contributed by atoms with Crippen LogP contribution in [-0.2, 0) is 0 Å². The molecule has 0 spiro atoms. The van der Waals surface area contributed by atoms with Gasteiger partial charge < -0.3 is 9.84 Å². The minimum atomic E-state index is -0.498. The number of rotatable bonds is 6. The molecular weight excluding hydrogens is 228 g/mol. The first-order valence-corrected chi connectivity index (χ1v) is 6.03. The first-order valence-electron chi connectivity index (χ1n) is 6.03. The second-order valence-corrected chi connectivity index (χ2v) is 4.75. The highest BCUT2D eigenvalue weighted by Gasteiger charge is 2.22. The number of hydrogen-bond donors (Lipinski definition) is 2. The van der Waals surface area contributed by atoms with E-state index < -0.39 is 11.6 Å². The average Bonchev–Trinajstić information content (AvgIpc) is 2.37. The molecule has 4 nitrogen and oxygen atoms in total. The number of nitrogens with one attached hydrogen (secondary N) is 1. The molecule has 1 atom stereocenters. The molecule has 0 bridgehead atoms. The van der Waals surface area contributed by atoms with E-state index in [4.69, 9.17) is 4.74 Å². The number of benzene rings is 1. The third-order valence-electron chi connectivity index (χ3n) is 2.56. The molecule has 2 N–H and O–H groups in total. The molecule has 4 heteroatoms. The molecule has 0 saturated heterocycles. The van der Waals surface area contributed by atoms with E-state index in [9.17, 15) is 10.4 Å². The van der Waals surface area contributed by atoms with Crippen molar-refractivity contribution in [3.8, 4) is 11.8 Å². The molecular formula is C14H20N2O2. The molecule has 1 aromatic rings. The summed E-state index contributed by atoms with van der Waals surface area (Å²) < 4.78 is 5.41. The lowest BCUT2D eigenvalue weighted by atomic mass is 10.0. The maximum Gasteiger partial charge on any atom is 0.121 e. The number of hydrogen-bond acceptors (Lipinski definition) is 4. The third kappa shape index (κ3) is 4.02. The molecule has 0 radical (unpaired) electrons. The molecule has 18 heavy (non-hydrogen) atoms. The van der Waals surface area contributed by atoms with Gasteiger partial charge in [-0.05, 0) is 38.5 Å². The highest BCUT2D eigenvalue weighted by atomic mass is 16.5. The Hall–Kier alpha value is -1.57. The van der Waals surface area contributed by atoms with Crippen molar-refractivity contribution in [2.75, 3.05) is 13.2 Å². The van der Waals surface area contributed by atoms with E-state index in [-0.39, 0.29) is 6.61 Å². The van der Waals surface area contributed by atoms with Crippen LogP contribution < -0.4 is 10.1 Å². The van der Waals surface area contributed by atoms with Gasteiger partial charge in [0.15, 0.2) is 0 Å². The summed E-state index contributed by atoms with van der Waals surface area (Å²) in [7, 11) is 0. The minimum Gasteiger partial charge on any atom is -0.494 e. The first kappa shape index (κ1) is 14.5. The van der Waals surface area contributed by atoms with E-state index >= 15 is 0 Å². The summed E-state index contributed by atoms with van der Waals surface area (Å²) in [6.45, 7) is 6.18. The highest BCUT2D eigenvalue weighted by molar-refractivity contribution is 5.33. The fourth-order valence-electron chi connectivity index (χ4n) is 1.58. The largest absolute Gasteiger partial charge is 0.494 e. The Labute approximate surface area is 108 Å². The Kier molecular flexibility index (Phi) is 5.14. The molecule has 0 amide bonds. The van der Waals surface area contributed by atoms with Crippen LogP contribution in [-0.4, -0.2) is 23.9 Å². The van der Waals surface area contributed by atoms with Gasteiger partial charge in [0.1, 0.15) is 11.8 Å². The zero-order chi connectivity index (χ0) is 13.6. The monoisotopic (exact) mass is 248 g/mol. The van der Waals surface area contributed by atoms with Gasteiger partial charge in [0.05, 0.1) is 19.3 Å². The van der Waals surface area contributed by atoms with Crippen molar-refractivity contribution in [3.05, 3.63) is 29.8 Å². The second kappa shape index (κ2) is 6.39. The molecule has 0 aliphatic carbocycles. The van der Waals surface area contributed by atoms with Gasteiger partial charge in [-0.3, -0.25) is 5.32 Å². The van der Waals surface area contributed by atoms with Crippen molar-refractivity contribution in [1.29, 1.82) is 5.26 Å². The summed E-state index contributed by atoms with van der Waals surface area (Å²) in [4.78, 5) is 0. The number of ether oxygens (including phenoxy) is 1. The lowest BCUT2D eigenvalue weighted by molar-refractivity contribution is 0.182. The number of aliphatic hydroxyl groups excluding tert-OH is 1. The SMILES string of the molecule is CCOc1cccc(C(C#N)NC(C)(C)CO)c1. The van der Waals surface area contributed by atoms with Crippen molar-refractivity contribution in [3.63, 3.8) is 0 Å². The lowest BCUT2D eigenvalue weighted by Crippen LogP contribution is -2.44. The van der Waals surface area contributed by atoms with Crippen LogP contribution in [0.4, 0.5) is 0 Å². The smallest absolute Gasteiger partial charge is 0.121 e. The van der Waals surface area contributed by atoms with E-state index in [1.165, 1.54) is 0 Å². The van der Waals surface area contributed by atoms with Crippen molar-refractivity contribution in [1.82, 2.24) is 5.32 Å². The molecule has 1 rings (SSSR count). The summed E-state index contributed by atoms with van der Waals surface area (Å²) in [6, 6.07) is 9.17. The Morgan fingerprint density at radius 1 is 1.50 bits per heavy atom. The maximum absolute atomic E-state index is 9.23. The standard InChI is InChI=1S/C14H20N2O2/c1-4-18-12-7-5-6-11(8-12)13(9-15)16-14(2,3)10-17/h5-8,13,16-17H,4,10H2,1-3H3.